The minimum Gasteiger partial charge on any atom is -0.385 e. The summed E-state index contributed by atoms with van der Waals surface area (Å²) in [5.41, 5.74) is 3.03. The Kier molecular flexibility index (Phi) is 4.36. The molecule has 1 aliphatic heterocycles. The van der Waals surface area contributed by atoms with Gasteiger partial charge >= 0.3 is 12.2 Å². The Morgan fingerprint density at radius 3 is 2.85 bits per heavy atom. The predicted molar refractivity (Wildman–Crippen MR) is 69.5 cm³/mol. The maximum atomic E-state index is 12.0. The Labute approximate surface area is 114 Å². The van der Waals surface area contributed by atoms with Gasteiger partial charge in [0, 0.05) is 18.8 Å². The second-order valence-electron chi connectivity index (χ2n) is 4.63. The van der Waals surface area contributed by atoms with Crippen molar-refractivity contribution in [2.45, 2.75) is 25.6 Å². The lowest BCUT2D eigenvalue weighted by atomic mass is 9.99. The molecule has 0 aromatic heterocycles. The molecule has 0 saturated carbocycles. The largest absolute Gasteiger partial charge is 0.405 e. The number of rotatable bonds is 3. The lowest BCUT2D eigenvalue weighted by molar-refractivity contribution is -0.122. The smallest absolute Gasteiger partial charge is 0.385 e. The topological polar surface area (TPSA) is 53.2 Å². The summed E-state index contributed by atoms with van der Waals surface area (Å²) in [4.78, 5) is 11.3. The predicted octanol–water partition coefficient (Wildman–Crippen LogP) is 2.41. The average molecular weight is 287 g/mol. The number of anilines is 1. The van der Waals surface area contributed by atoms with Crippen molar-refractivity contribution in [3.8, 4) is 0 Å². The van der Waals surface area contributed by atoms with E-state index in [1.54, 1.807) is 5.32 Å². The van der Waals surface area contributed by atoms with Crippen LogP contribution in [-0.2, 0) is 13.0 Å². The first kappa shape index (κ1) is 14.5. The van der Waals surface area contributed by atoms with Crippen LogP contribution in [0.3, 0.4) is 0 Å². The third kappa shape index (κ3) is 4.04. The molecule has 0 saturated heterocycles. The fraction of sp³-hybridized carbons (Fsp3) is 0.462. The molecular formula is C13H16F3N3O. The van der Waals surface area contributed by atoms with Crippen LogP contribution in [0.5, 0.6) is 0 Å². The number of hydrogen-bond donors (Lipinski definition) is 3. The molecule has 110 valence electrons. The second kappa shape index (κ2) is 6.02. The van der Waals surface area contributed by atoms with Crippen LogP contribution < -0.4 is 16.0 Å². The number of carbonyl (C=O) groups excluding carboxylic acids is 1. The number of fused-ring (bicyclic) bond motifs is 1. The van der Waals surface area contributed by atoms with Gasteiger partial charge in [0.1, 0.15) is 6.54 Å². The monoisotopic (exact) mass is 287 g/mol. The maximum absolute atomic E-state index is 12.0. The van der Waals surface area contributed by atoms with Crippen LogP contribution >= 0.6 is 0 Å². The molecular weight excluding hydrogens is 271 g/mol. The molecule has 1 aromatic carbocycles. The van der Waals surface area contributed by atoms with E-state index in [2.05, 4.69) is 10.6 Å². The molecule has 0 fully saturated rings. The molecule has 2 amide bonds. The number of benzene rings is 1. The van der Waals surface area contributed by atoms with Gasteiger partial charge in [-0.2, -0.15) is 13.2 Å². The molecule has 0 aliphatic carbocycles. The van der Waals surface area contributed by atoms with E-state index in [1.165, 1.54) is 5.56 Å². The lowest BCUT2D eigenvalue weighted by Gasteiger charge is -2.21. The van der Waals surface area contributed by atoms with Crippen molar-refractivity contribution >= 4 is 11.7 Å². The maximum Gasteiger partial charge on any atom is 0.405 e. The van der Waals surface area contributed by atoms with Crippen molar-refractivity contribution in [3.05, 3.63) is 29.3 Å². The van der Waals surface area contributed by atoms with E-state index in [-0.39, 0.29) is 6.54 Å². The van der Waals surface area contributed by atoms with E-state index in [0.717, 1.165) is 30.6 Å². The average Bonchev–Trinajstić information content (AvgIpc) is 2.42. The van der Waals surface area contributed by atoms with Crippen molar-refractivity contribution in [3.63, 3.8) is 0 Å². The Morgan fingerprint density at radius 1 is 1.30 bits per heavy atom. The van der Waals surface area contributed by atoms with Gasteiger partial charge < -0.3 is 16.0 Å². The summed E-state index contributed by atoms with van der Waals surface area (Å²) in [5.74, 6) is 0. The minimum absolute atomic E-state index is 0.194. The van der Waals surface area contributed by atoms with Crippen molar-refractivity contribution in [2.75, 3.05) is 18.4 Å². The van der Waals surface area contributed by atoms with E-state index in [1.807, 2.05) is 18.2 Å². The fourth-order valence-electron chi connectivity index (χ4n) is 2.15. The minimum atomic E-state index is -4.40. The van der Waals surface area contributed by atoms with Gasteiger partial charge in [-0.15, -0.1) is 0 Å². The van der Waals surface area contributed by atoms with E-state index in [0.29, 0.717) is 0 Å². The van der Waals surface area contributed by atoms with Gasteiger partial charge in [-0.05, 0) is 24.0 Å². The van der Waals surface area contributed by atoms with Gasteiger partial charge in [0.15, 0.2) is 0 Å². The molecule has 2 rings (SSSR count). The van der Waals surface area contributed by atoms with Gasteiger partial charge in [0.25, 0.3) is 0 Å². The molecule has 0 unspecified atom stereocenters. The normalized spacial score (nSPS) is 14.2. The van der Waals surface area contributed by atoms with Crippen molar-refractivity contribution < 1.29 is 18.0 Å². The number of amides is 2. The Hall–Kier alpha value is -1.92. The highest BCUT2D eigenvalue weighted by Gasteiger charge is 2.27. The standard InChI is InChI=1S/C13H16F3N3O/c14-13(15,16)8-19-12(20)18-7-10-4-1-3-9-5-2-6-17-11(9)10/h1,3-4,17H,2,5-8H2,(H2,18,19,20). The molecule has 0 atom stereocenters. The highest BCUT2D eigenvalue weighted by molar-refractivity contribution is 5.74. The Bertz CT molecular complexity index is 488. The number of aryl methyl sites for hydroxylation is 1. The van der Waals surface area contributed by atoms with E-state index >= 15 is 0 Å². The first-order valence-corrected chi connectivity index (χ1v) is 6.39. The zero-order chi connectivity index (χ0) is 14.6. The van der Waals surface area contributed by atoms with E-state index < -0.39 is 18.8 Å². The third-order valence-electron chi connectivity index (χ3n) is 3.05. The third-order valence-corrected chi connectivity index (χ3v) is 3.05. The highest BCUT2D eigenvalue weighted by atomic mass is 19.4. The molecule has 3 N–H and O–H groups in total. The summed E-state index contributed by atoms with van der Waals surface area (Å²) in [6.07, 6.45) is -2.38. The van der Waals surface area contributed by atoms with Crippen LogP contribution in [-0.4, -0.2) is 25.3 Å². The molecule has 0 radical (unpaired) electrons. The van der Waals surface area contributed by atoms with E-state index in [4.69, 9.17) is 0 Å². The van der Waals surface area contributed by atoms with Gasteiger partial charge in [-0.3, -0.25) is 0 Å². The first-order chi connectivity index (χ1) is 9.46. The van der Waals surface area contributed by atoms with Crippen LogP contribution in [0.25, 0.3) is 0 Å². The van der Waals surface area contributed by atoms with Gasteiger partial charge in [0.2, 0.25) is 0 Å². The SMILES string of the molecule is O=C(NCc1cccc2c1NCCC2)NCC(F)(F)F. The number of hydrogen-bond acceptors (Lipinski definition) is 2. The van der Waals surface area contributed by atoms with Crippen LogP contribution in [0.2, 0.25) is 0 Å². The van der Waals surface area contributed by atoms with Crippen LogP contribution in [0.1, 0.15) is 17.5 Å². The van der Waals surface area contributed by atoms with Crippen LogP contribution in [0, 0.1) is 0 Å². The lowest BCUT2D eigenvalue weighted by Crippen LogP contribution is -2.40. The van der Waals surface area contributed by atoms with Gasteiger partial charge in [-0.1, -0.05) is 18.2 Å². The van der Waals surface area contributed by atoms with E-state index in [9.17, 15) is 18.0 Å². The van der Waals surface area contributed by atoms with Crippen LogP contribution in [0.15, 0.2) is 18.2 Å². The molecule has 1 aromatic rings. The molecule has 4 nitrogen and oxygen atoms in total. The number of halogens is 3. The molecule has 0 spiro atoms. The zero-order valence-corrected chi connectivity index (χ0v) is 10.8. The van der Waals surface area contributed by atoms with Gasteiger partial charge in [-0.25, -0.2) is 4.79 Å². The number of para-hydroxylation sites is 1. The fourth-order valence-corrected chi connectivity index (χ4v) is 2.15. The first-order valence-electron chi connectivity index (χ1n) is 6.39. The summed E-state index contributed by atoms with van der Waals surface area (Å²) in [6.45, 7) is -0.270. The number of carbonyl (C=O) groups is 1. The Balaban J connectivity index is 1.89. The summed E-state index contributed by atoms with van der Waals surface area (Å²) in [5, 5.41) is 7.47. The van der Waals surface area contributed by atoms with Crippen molar-refractivity contribution in [2.24, 2.45) is 0 Å². The second-order valence-corrected chi connectivity index (χ2v) is 4.63. The van der Waals surface area contributed by atoms with Crippen LogP contribution in [0.4, 0.5) is 23.7 Å². The number of alkyl halides is 3. The summed E-state index contributed by atoms with van der Waals surface area (Å²) in [7, 11) is 0. The molecule has 1 heterocycles. The Morgan fingerprint density at radius 2 is 2.10 bits per heavy atom. The van der Waals surface area contributed by atoms with Crippen molar-refractivity contribution in [1.29, 1.82) is 0 Å². The molecule has 0 bridgehead atoms. The highest BCUT2D eigenvalue weighted by Crippen LogP contribution is 2.25. The number of nitrogens with one attached hydrogen (secondary N) is 3. The molecule has 1 aliphatic rings. The molecule has 20 heavy (non-hydrogen) atoms. The zero-order valence-electron chi connectivity index (χ0n) is 10.8. The summed E-state index contributed by atoms with van der Waals surface area (Å²) in [6, 6.07) is 4.92. The number of urea groups is 1. The quantitative estimate of drug-likeness (QED) is 0.799. The summed E-state index contributed by atoms with van der Waals surface area (Å²) >= 11 is 0. The van der Waals surface area contributed by atoms with Gasteiger partial charge in [0.05, 0.1) is 0 Å². The summed E-state index contributed by atoms with van der Waals surface area (Å²) < 4.78 is 35.9. The van der Waals surface area contributed by atoms with Crippen molar-refractivity contribution in [1.82, 2.24) is 10.6 Å². The molecule has 7 heteroatoms.